The van der Waals surface area contributed by atoms with E-state index >= 15 is 0 Å². The molecule has 0 radical (unpaired) electrons. The predicted octanol–water partition coefficient (Wildman–Crippen LogP) is 0.370. The minimum Gasteiger partial charge on any atom is -0.379 e. The van der Waals surface area contributed by atoms with Crippen LogP contribution in [0.15, 0.2) is 24.2 Å². The van der Waals surface area contributed by atoms with Crippen LogP contribution in [-0.4, -0.2) is 41.8 Å². The Morgan fingerprint density at radius 1 is 1.24 bits per heavy atom. The molecule has 0 spiro atoms. The van der Waals surface area contributed by atoms with Crippen LogP contribution in [0, 0.1) is 0 Å². The summed E-state index contributed by atoms with van der Waals surface area (Å²) in [7, 11) is 0. The average molecular weight is 237 g/mol. The Kier molecular flexibility index (Phi) is 3.59. The highest BCUT2D eigenvalue weighted by Crippen LogP contribution is 2.10. The Hall–Kier alpha value is -1.20. The maximum absolute atomic E-state index is 3.48. The number of rotatable bonds is 2. The van der Waals surface area contributed by atoms with E-state index in [-0.39, 0.29) is 5.54 Å². The Labute approximate surface area is 103 Å². The van der Waals surface area contributed by atoms with E-state index < -0.39 is 0 Å². The van der Waals surface area contributed by atoms with E-state index in [0.717, 1.165) is 31.9 Å². The second kappa shape index (κ2) is 4.98. The van der Waals surface area contributed by atoms with Crippen molar-refractivity contribution in [1.29, 1.82) is 0 Å². The van der Waals surface area contributed by atoms with Crippen molar-refractivity contribution >= 4 is 0 Å². The third-order valence-electron chi connectivity index (χ3n) is 2.65. The van der Waals surface area contributed by atoms with Gasteiger partial charge in [-0.2, -0.15) is 5.01 Å². The second-order valence-corrected chi connectivity index (χ2v) is 5.47. The first kappa shape index (κ1) is 12.3. The molecule has 0 aliphatic carbocycles. The van der Waals surface area contributed by atoms with Crippen molar-refractivity contribution in [3.05, 3.63) is 24.2 Å². The quantitative estimate of drug-likeness (QED) is 0.647. The number of piperazine rings is 1. The summed E-state index contributed by atoms with van der Waals surface area (Å²) in [4.78, 5) is 0. The van der Waals surface area contributed by atoms with E-state index in [1.54, 1.807) is 0 Å². The van der Waals surface area contributed by atoms with Gasteiger partial charge >= 0.3 is 0 Å². The van der Waals surface area contributed by atoms with Crippen molar-refractivity contribution in [2.24, 2.45) is 0 Å². The van der Waals surface area contributed by atoms with Crippen molar-refractivity contribution < 1.29 is 0 Å². The van der Waals surface area contributed by atoms with Crippen molar-refractivity contribution in [2.45, 2.75) is 26.3 Å². The van der Waals surface area contributed by atoms with Crippen molar-refractivity contribution in [3.8, 4) is 0 Å². The molecule has 2 heterocycles. The first-order valence-electron chi connectivity index (χ1n) is 6.22. The van der Waals surface area contributed by atoms with Crippen LogP contribution in [0.4, 0.5) is 0 Å². The molecule has 2 aliphatic rings. The largest absolute Gasteiger partial charge is 0.379 e. The second-order valence-electron chi connectivity index (χ2n) is 5.47. The molecule has 0 bridgehead atoms. The van der Waals surface area contributed by atoms with Gasteiger partial charge in [0.05, 0.1) is 11.9 Å². The van der Waals surface area contributed by atoms with Crippen molar-refractivity contribution in [2.75, 3.05) is 26.2 Å². The van der Waals surface area contributed by atoms with Gasteiger partial charge in [0.2, 0.25) is 0 Å². The van der Waals surface area contributed by atoms with Gasteiger partial charge in [-0.15, -0.1) is 0 Å². The van der Waals surface area contributed by atoms with Crippen LogP contribution in [0.25, 0.3) is 0 Å². The predicted molar refractivity (Wildman–Crippen MR) is 69.5 cm³/mol. The maximum atomic E-state index is 3.48. The fraction of sp³-hybridized carbons (Fsp3) is 0.667. The molecule has 1 saturated heterocycles. The normalized spacial score (nSPS) is 22.1. The molecule has 3 N–H and O–H groups in total. The van der Waals surface area contributed by atoms with Gasteiger partial charge in [0.15, 0.2) is 0 Å². The van der Waals surface area contributed by atoms with E-state index in [0.29, 0.717) is 0 Å². The summed E-state index contributed by atoms with van der Waals surface area (Å²) < 4.78 is 0. The smallest absolute Gasteiger partial charge is 0.0630 e. The van der Waals surface area contributed by atoms with Crippen molar-refractivity contribution in [3.63, 3.8) is 0 Å². The van der Waals surface area contributed by atoms with Crippen molar-refractivity contribution in [1.82, 2.24) is 26.2 Å². The zero-order valence-corrected chi connectivity index (χ0v) is 11.0. The molecule has 0 atom stereocenters. The minimum atomic E-state index is 0.0859. The molecule has 0 unspecified atom stereocenters. The number of hydrogen-bond acceptors (Lipinski definition) is 5. The fourth-order valence-corrected chi connectivity index (χ4v) is 1.95. The van der Waals surface area contributed by atoms with Gasteiger partial charge in [0, 0.05) is 37.9 Å². The van der Waals surface area contributed by atoms with Crippen LogP contribution in [0.2, 0.25) is 0 Å². The van der Waals surface area contributed by atoms with E-state index in [4.69, 9.17) is 0 Å². The lowest BCUT2D eigenvalue weighted by atomic mass is 10.1. The summed E-state index contributed by atoms with van der Waals surface area (Å²) in [5.41, 5.74) is 4.46. The first-order valence-corrected chi connectivity index (χ1v) is 6.22. The van der Waals surface area contributed by atoms with Crippen LogP contribution in [-0.2, 0) is 0 Å². The van der Waals surface area contributed by atoms with Gasteiger partial charge in [-0.25, -0.2) is 5.12 Å². The number of nitrogens with one attached hydrogen (secondary N) is 3. The van der Waals surface area contributed by atoms with E-state index in [1.165, 1.54) is 0 Å². The number of hydrazine groups is 2. The van der Waals surface area contributed by atoms with Crippen LogP contribution in [0.5, 0.6) is 0 Å². The van der Waals surface area contributed by atoms with Crippen LogP contribution in [0.3, 0.4) is 0 Å². The summed E-state index contributed by atoms with van der Waals surface area (Å²) in [5, 5.41) is 11.2. The summed E-state index contributed by atoms with van der Waals surface area (Å²) in [6.45, 7) is 10.6. The first-order chi connectivity index (χ1) is 8.04. The molecule has 0 saturated carbocycles. The molecular weight excluding hydrogens is 214 g/mol. The number of hydrogen-bond donors (Lipinski definition) is 3. The number of allylic oxidation sites excluding steroid dienone is 1. The molecule has 0 aromatic carbocycles. The average Bonchev–Trinajstić information content (AvgIpc) is 2.28. The summed E-state index contributed by atoms with van der Waals surface area (Å²) in [6.07, 6.45) is 6.14. The molecule has 2 aliphatic heterocycles. The topological polar surface area (TPSA) is 42.6 Å². The minimum absolute atomic E-state index is 0.0859. The Morgan fingerprint density at radius 3 is 2.59 bits per heavy atom. The molecule has 5 heteroatoms. The van der Waals surface area contributed by atoms with E-state index in [9.17, 15) is 0 Å². The molecule has 1 fully saturated rings. The standard InChI is InChI=1S/C12H23N5/c1-12(2,3)15-11-4-5-14-17(10-11)16-8-6-13-7-9-16/h4-5,10,13-15H,6-9H2,1-3H3. The van der Waals surface area contributed by atoms with Crippen LogP contribution < -0.4 is 16.1 Å². The lowest BCUT2D eigenvalue weighted by Gasteiger charge is -2.38. The molecule has 0 amide bonds. The molecule has 5 nitrogen and oxygen atoms in total. The van der Waals surface area contributed by atoms with Gasteiger partial charge in [-0.05, 0) is 26.8 Å². The van der Waals surface area contributed by atoms with Gasteiger partial charge in [-0.1, -0.05) is 0 Å². The fourth-order valence-electron chi connectivity index (χ4n) is 1.95. The highest BCUT2D eigenvalue weighted by Gasteiger charge is 2.18. The van der Waals surface area contributed by atoms with Gasteiger partial charge in [0.25, 0.3) is 0 Å². The van der Waals surface area contributed by atoms with Gasteiger partial charge in [0.1, 0.15) is 0 Å². The Bertz CT molecular complexity index is 309. The van der Waals surface area contributed by atoms with E-state index in [1.807, 2.05) is 6.20 Å². The van der Waals surface area contributed by atoms with E-state index in [2.05, 4.69) is 59.2 Å². The van der Waals surface area contributed by atoms with Crippen LogP contribution >= 0.6 is 0 Å². The van der Waals surface area contributed by atoms with Gasteiger partial charge < -0.3 is 10.6 Å². The SMILES string of the molecule is CC(C)(C)NC1=CN(N2CCNCC2)NC=C1. The third-order valence-corrected chi connectivity index (χ3v) is 2.65. The molecular formula is C12H23N5. The molecule has 0 aromatic heterocycles. The zero-order valence-electron chi connectivity index (χ0n) is 11.0. The molecule has 17 heavy (non-hydrogen) atoms. The lowest BCUT2D eigenvalue weighted by Crippen LogP contribution is -2.55. The summed E-state index contributed by atoms with van der Waals surface area (Å²) in [6, 6.07) is 0. The maximum Gasteiger partial charge on any atom is 0.0630 e. The highest BCUT2D eigenvalue weighted by atomic mass is 15.8. The highest BCUT2D eigenvalue weighted by molar-refractivity contribution is 5.19. The lowest BCUT2D eigenvalue weighted by molar-refractivity contribution is -0.0220. The summed E-state index contributed by atoms with van der Waals surface area (Å²) in [5.74, 6) is 0. The monoisotopic (exact) mass is 237 g/mol. The molecule has 2 rings (SSSR count). The zero-order chi connectivity index (χ0) is 12.3. The molecule has 0 aromatic rings. The van der Waals surface area contributed by atoms with Gasteiger partial charge in [-0.3, -0.25) is 5.43 Å². The molecule has 96 valence electrons. The number of nitrogens with zero attached hydrogens (tertiary/aromatic N) is 2. The summed E-state index contributed by atoms with van der Waals surface area (Å²) >= 11 is 0. The van der Waals surface area contributed by atoms with Crippen LogP contribution in [0.1, 0.15) is 20.8 Å². The Morgan fingerprint density at radius 2 is 1.94 bits per heavy atom. The Balaban J connectivity index is 1.98. The third kappa shape index (κ3) is 3.64.